The van der Waals surface area contributed by atoms with E-state index in [1.165, 1.54) is 0 Å². The Morgan fingerprint density at radius 1 is 1.31 bits per heavy atom. The fourth-order valence-electron chi connectivity index (χ4n) is 0.890. The van der Waals surface area contributed by atoms with Gasteiger partial charge < -0.3 is 10.2 Å². The van der Waals surface area contributed by atoms with Crippen molar-refractivity contribution < 1.29 is 10.2 Å². The maximum atomic E-state index is 9.02. The Bertz CT molecular complexity index is 244. The average molecular weight is 198 g/mol. The molecule has 1 aromatic carbocycles. The number of thioether (sulfide) groups is 1. The second-order valence-corrected chi connectivity index (χ2v) is 4.15. The summed E-state index contributed by atoms with van der Waals surface area (Å²) < 4.78 is 0. The van der Waals surface area contributed by atoms with Gasteiger partial charge in [-0.15, -0.1) is 11.8 Å². The van der Waals surface area contributed by atoms with Gasteiger partial charge >= 0.3 is 0 Å². The fraction of sp³-hybridized carbons (Fsp3) is 0.400. The Labute approximate surface area is 82.6 Å². The molecule has 3 heteroatoms. The van der Waals surface area contributed by atoms with Crippen LogP contribution in [-0.2, 0) is 0 Å². The largest absolute Gasteiger partial charge is 0.508 e. The topological polar surface area (TPSA) is 40.5 Å². The van der Waals surface area contributed by atoms with E-state index in [0.29, 0.717) is 5.75 Å². The quantitative estimate of drug-likeness (QED) is 0.729. The third-order valence-electron chi connectivity index (χ3n) is 1.64. The van der Waals surface area contributed by atoms with Crippen LogP contribution < -0.4 is 0 Å². The van der Waals surface area contributed by atoms with Crippen molar-refractivity contribution in [2.75, 3.05) is 5.75 Å². The highest BCUT2D eigenvalue weighted by Crippen LogP contribution is 2.21. The lowest BCUT2D eigenvalue weighted by Crippen LogP contribution is -2.00. The molecule has 0 aliphatic carbocycles. The summed E-state index contributed by atoms with van der Waals surface area (Å²) in [6.45, 7) is 1.79. The molecule has 0 bridgehead atoms. The highest BCUT2D eigenvalue weighted by Gasteiger charge is 1.97. The van der Waals surface area contributed by atoms with Gasteiger partial charge in [0, 0.05) is 10.6 Å². The molecule has 0 spiro atoms. The van der Waals surface area contributed by atoms with Crippen LogP contribution in [0.3, 0.4) is 0 Å². The Hall–Kier alpha value is -0.670. The van der Waals surface area contributed by atoms with Crippen molar-refractivity contribution >= 4 is 11.8 Å². The van der Waals surface area contributed by atoms with Crippen LogP contribution in [0.15, 0.2) is 29.2 Å². The van der Waals surface area contributed by atoms with Crippen molar-refractivity contribution in [3.05, 3.63) is 24.3 Å². The van der Waals surface area contributed by atoms with E-state index < -0.39 is 0 Å². The molecule has 72 valence electrons. The molecule has 1 rings (SSSR count). The molecule has 1 aromatic rings. The number of aromatic hydroxyl groups is 1. The molecular weight excluding hydrogens is 184 g/mol. The van der Waals surface area contributed by atoms with Crippen molar-refractivity contribution in [1.82, 2.24) is 0 Å². The van der Waals surface area contributed by atoms with E-state index in [1.54, 1.807) is 30.8 Å². The Kier molecular flexibility index (Phi) is 4.12. The van der Waals surface area contributed by atoms with E-state index in [-0.39, 0.29) is 6.10 Å². The lowest BCUT2D eigenvalue weighted by atomic mass is 10.3. The molecular formula is C10H14O2S. The first-order chi connectivity index (χ1) is 6.18. The molecule has 0 aliphatic heterocycles. The predicted molar refractivity (Wildman–Crippen MR) is 55.1 cm³/mol. The van der Waals surface area contributed by atoms with Gasteiger partial charge in [-0.3, -0.25) is 0 Å². The van der Waals surface area contributed by atoms with Crippen LogP contribution in [0.5, 0.6) is 5.75 Å². The van der Waals surface area contributed by atoms with E-state index in [2.05, 4.69) is 0 Å². The molecule has 2 nitrogen and oxygen atoms in total. The molecule has 13 heavy (non-hydrogen) atoms. The summed E-state index contributed by atoms with van der Waals surface area (Å²) in [5, 5.41) is 18.0. The highest BCUT2D eigenvalue weighted by molar-refractivity contribution is 7.99. The lowest BCUT2D eigenvalue weighted by Gasteiger charge is -2.03. The number of rotatable bonds is 4. The molecule has 0 saturated carbocycles. The standard InChI is InChI=1S/C10H14O2S/c1-8(11)6-7-13-10-4-2-9(12)3-5-10/h2-5,8,11-12H,6-7H2,1H3. The molecule has 1 atom stereocenters. The SMILES string of the molecule is CC(O)CCSc1ccc(O)cc1. The minimum Gasteiger partial charge on any atom is -0.508 e. The number of aliphatic hydroxyl groups excluding tert-OH is 1. The molecule has 0 aliphatic rings. The van der Waals surface area contributed by atoms with E-state index in [4.69, 9.17) is 10.2 Å². The van der Waals surface area contributed by atoms with Crippen molar-refractivity contribution in [3.8, 4) is 5.75 Å². The summed E-state index contributed by atoms with van der Waals surface area (Å²) in [5.74, 6) is 1.20. The summed E-state index contributed by atoms with van der Waals surface area (Å²) in [6.07, 6.45) is 0.565. The van der Waals surface area contributed by atoms with E-state index in [1.807, 2.05) is 12.1 Å². The van der Waals surface area contributed by atoms with Crippen molar-refractivity contribution in [2.45, 2.75) is 24.3 Å². The van der Waals surface area contributed by atoms with Gasteiger partial charge in [-0.1, -0.05) is 0 Å². The predicted octanol–water partition coefficient (Wildman–Crippen LogP) is 2.26. The first-order valence-electron chi connectivity index (χ1n) is 4.28. The average Bonchev–Trinajstić information content (AvgIpc) is 2.08. The summed E-state index contributed by atoms with van der Waals surface area (Å²) in [4.78, 5) is 1.12. The highest BCUT2D eigenvalue weighted by atomic mass is 32.2. The first kappa shape index (κ1) is 10.4. The lowest BCUT2D eigenvalue weighted by molar-refractivity contribution is 0.192. The normalized spacial score (nSPS) is 12.8. The van der Waals surface area contributed by atoms with Gasteiger partial charge in [0.05, 0.1) is 6.10 Å². The fourth-order valence-corrected chi connectivity index (χ4v) is 1.91. The van der Waals surface area contributed by atoms with E-state index >= 15 is 0 Å². The van der Waals surface area contributed by atoms with Crippen LogP contribution in [0, 0.1) is 0 Å². The number of phenols is 1. The summed E-state index contributed by atoms with van der Waals surface area (Å²) in [5.41, 5.74) is 0. The minimum absolute atomic E-state index is 0.232. The number of phenolic OH excluding ortho intramolecular Hbond substituents is 1. The van der Waals surface area contributed by atoms with Crippen LogP contribution in [0.4, 0.5) is 0 Å². The van der Waals surface area contributed by atoms with Crippen LogP contribution in [0.2, 0.25) is 0 Å². The maximum absolute atomic E-state index is 9.02. The Morgan fingerprint density at radius 3 is 2.46 bits per heavy atom. The van der Waals surface area contributed by atoms with Crippen molar-refractivity contribution in [2.24, 2.45) is 0 Å². The van der Waals surface area contributed by atoms with Crippen LogP contribution in [-0.4, -0.2) is 22.1 Å². The Balaban J connectivity index is 2.33. The van der Waals surface area contributed by atoms with Crippen LogP contribution in [0.1, 0.15) is 13.3 Å². The molecule has 0 fully saturated rings. The molecule has 2 N–H and O–H groups in total. The maximum Gasteiger partial charge on any atom is 0.115 e. The summed E-state index contributed by atoms with van der Waals surface area (Å²) in [7, 11) is 0. The second-order valence-electron chi connectivity index (χ2n) is 2.98. The molecule has 0 amide bonds. The minimum atomic E-state index is -0.232. The summed E-state index contributed by atoms with van der Waals surface area (Å²) in [6, 6.07) is 7.10. The van der Waals surface area contributed by atoms with Gasteiger partial charge in [0.15, 0.2) is 0 Å². The molecule has 0 saturated heterocycles. The van der Waals surface area contributed by atoms with Gasteiger partial charge in [-0.25, -0.2) is 0 Å². The van der Waals surface area contributed by atoms with Gasteiger partial charge in [0.2, 0.25) is 0 Å². The van der Waals surface area contributed by atoms with Gasteiger partial charge in [-0.05, 0) is 37.6 Å². The molecule has 0 heterocycles. The second kappa shape index (κ2) is 5.14. The van der Waals surface area contributed by atoms with Gasteiger partial charge in [0.25, 0.3) is 0 Å². The van der Waals surface area contributed by atoms with Crippen molar-refractivity contribution in [1.29, 1.82) is 0 Å². The third-order valence-corrected chi connectivity index (χ3v) is 2.69. The van der Waals surface area contributed by atoms with E-state index in [9.17, 15) is 0 Å². The van der Waals surface area contributed by atoms with E-state index in [0.717, 1.165) is 17.1 Å². The zero-order chi connectivity index (χ0) is 9.68. The zero-order valence-electron chi connectivity index (χ0n) is 7.60. The number of hydrogen-bond acceptors (Lipinski definition) is 3. The zero-order valence-corrected chi connectivity index (χ0v) is 8.42. The van der Waals surface area contributed by atoms with Gasteiger partial charge in [0.1, 0.15) is 5.75 Å². The number of aliphatic hydroxyl groups is 1. The molecule has 1 unspecified atom stereocenters. The smallest absolute Gasteiger partial charge is 0.115 e. The number of benzene rings is 1. The van der Waals surface area contributed by atoms with Crippen LogP contribution >= 0.6 is 11.8 Å². The first-order valence-corrected chi connectivity index (χ1v) is 5.27. The van der Waals surface area contributed by atoms with Gasteiger partial charge in [-0.2, -0.15) is 0 Å². The molecule has 0 aromatic heterocycles. The molecule has 0 radical (unpaired) electrons. The monoisotopic (exact) mass is 198 g/mol. The third kappa shape index (κ3) is 4.20. The van der Waals surface area contributed by atoms with Crippen molar-refractivity contribution in [3.63, 3.8) is 0 Å². The number of hydrogen-bond donors (Lipinski definition) is 2. The van der Waals surface area contributed by atoms with Crippen LogP contribution in [0.25, 0.3) is 0 Å². The Morgan fingerprint density at radius 2 is 1.92 bits per heavy atom. The summed E-state index contributed by atoms with van der Waals surface area (Å²) >= 11 is 1.69.